The van der Waals surface area contributed by atoms with E-state index >= 15 is 0 Å². The fourth-order valence-corrected chi connectivity index (χ4v) is 2.26. The van der Waals surface area contributed by atoms with Crippen molar-refractivity contribution in [3.8, 4) is 5.75 Å². The number of methoxy groups -OCH3 is 1. The molecule has 0 aliphatic heterocycles. The van der Waals surface area contributed by atoms with Crippen molar-refractivity contribution in [1.82, 2.24) is 10.3 Å². The highest BCUT2D eigenvalue weighted by atomic mass is 19.1. The molecule has 1 aromatic heterocycles. The zero-order valence-electron chi connectivity index (χ0n) is 15.1. The monoisotopic (exact) mass is 360 g/mol. The first-order chi connectivity index (χ1) is 12.2. The molecule has 138 valence electrons. The van der Waals surface area contributed by atoms with Crippen LogP contribution in [0.1, 0.15) is 48.4 Å². The topological polar surface area (TPSA) is 77.5 Å². The minimum atomic E-state index is -0.901. The minimum Gasteiger partial charge on any atom is -0.497 e. The van der Waals surface area contributed by atoms with Crippen molar-refractivity contribution < 1.29 is 23.5 Å². The van der Waals surface area contributed by atoms with Gasteiger partial charge in [-0.3, -0.25) is 4.79 Å². The van der Waals surface area contributed by atoms with Crippen LogP contribution >= 0.6 is 0 Å². The van der Waals surface area contributed by atoms with Crippen molar-refractivity contribution in [1.29, 1.82) is 0 Å². The Morgan fingerprint density at radius 3 is 2.35 bits per heavy atom. The predicted octanol–water partition coefficient (Wildman–Crippen LogP) is 3.66. The summed E-state index contributed by atoms with van der Waals surface area (Å²) in [4.78, 5) is 26.8. The van der Waals surface area contributed by atoms with Gasteiger partial charge in [0.1, 0.15) is 11.4 Å². The number of alkyl carbamates (subject to hydrolysis) is 1. The lowest BCUT2D eigenvalue weighted by Crippen LogP contribution is -2.35. The third-order valence-electron chi connectivity index (χ3n) is 3.43. The van der Waals surface area contributed by atoms with E-state index in [1.165, 1.54) is 12.1 Å². The first-order valence-electron chi connectivity index (χ1n) is 7.98. The Morgan fingerprint density at radius 1 is 1.19 bits per heavy atom. The number of pyridine rings is 1. The molecule has 0 spiro atoms. The summed E-state index contributed by atoms with van der Waals surface area (Å²) in [6, 6.07) is 8.94. The largest absolute Gasteiger partial charge is 0.497 e. The van der Waals surface area contributed by atoms with Crippen molar-refractivity contribution in [2.75, 3.05) is 7.11 Å². The molecule has 2 aromatic rings. The molecule has 26 heavy (non-hydrogen) atoms. The molecule has 1 N–H and O–H groups in total. The van der Waals surface area contributed by atoms with E-state index in [1.54, 1.807) is 52.1 Å². The molecular weight excluding hydrogens is 339 g/mol. The van der Waals surface area contributed by atoms with Crippen LogP contribution in [0.5, 0.6) is 5.75 Å². The van der Waals surface area contributed by atoms with Crippen molar-refractivity contribution in [3.05, 3.63) is 59.2 Å². The quantitative estimate of drug-likeness (QED) is 0.650. The number of rotatable bonds is 5. The second kappa shape index (κ2) is 7.95. The predicted molar refractivity (Wildman–Crippen MR) is 93.8 cm³/mol. The number of hydrogen-bond acceptors (Lipinski definition) is 5. The van der Waals surface area contributed by atoms with E-state index < -0.39 is 23.7 Å². The highest BCUT2D eigenvalue weighted by molar-refractivity contribution is 5.74. The van der Waals surface area contributed by atoms with Crippen LogP contribution in [-0.4, -0.2) is 30.1 Å². The average Bonchev–Trinajstić information content (AvgIpc) is 2.58. The molecule has 1 unspecified atom stereocenters. The SMILES string of the molecule is COc1ccc(C(NC(=O)OC(C)(C)C)c2ccc(C=O)c(F)n2)cc1. The van der Waals surface area contributed by atoms with Crippen LogP contribution in [0.4, 0.5) is 9.18 Å². The van der Waals surface area contributed by atoms with Gasteiger partial charge in [0.25, 0.3) is 0 Å². The van der Waals surface area contributed by atoms with Gasteiger partial charge in [0.2, 0.25) is 5.95 Å². The summed E-state index contributed by atoms with van der Waals surface area (Å²) in [5, 5.41) is 2.69. The highest BCUT2D eigenvalue weighted by Crippen LogP contribution is 2.24. The van der Waals surface area contributed by atoms with Gasteiger partial charge in [0.15, 0.2) is 6.29 Å². The molecule has 0 fully saturated rings. The van der Waals surface area contributed by atoms with Crippen molar-refractivity contribution >= 4 is 12.4 Å². The molecule has 0 radical (unpaired) electrons. The van der Waals surface area contributed by atoms with Crippen molar-refractivity contribution in [3.63, 3.8) is 0 Å². The number of carbonyl (C=O) groups excluding carboxylic acids is 2. The Labute approximate surface area is 151 Å². The smallest absolute Gasteiger partial charge is 0.408 e. The molecule has 1 heterocycles. The van der Waals surface area contributed by atoms with Crippen LogP contribution in [-0.2, 0) is 4.74 Å². The van der Waals surface area contributed by atoms with Crippen LogP contribution in [0, 0.1) is 5.95 Å². The molecule has 1 atom stereocenters. The Balaban J connectivity index is 2.38. The summed E-state index contributed by atoms with van der Waals surface area (Å²) < 4.78 is 24.4. The molecule has 0 aliphatic carbocycles. The van der Waals surface area contributed by atoms with Gasteiger partial charge in [0.05, 0.1) is 24.4 Å². The molecule has 0 saturated carbocycles. The lowest BCUT2D eigenvalue weighted by Gasteiger charge is -2.24. The second-order valence-electron chi connectivity index (χ2n) is 6.59. The maximum atomic E-state index is 13.9. The van der Waals surface area contributed by atoms with E-state index in [-0.39, 0.29) is 11.3 Å². The van der Waals surface area contributed by atoms with Gasteiger partial charge < -0.3 is 14.8 Å². The summed E-state index contributed by atoms with van der Waals surface area (Å²) in [5.74, 6) is -0.262. The summed E-state index contributed by atoms with van der Waals surface area (Å²) in [6.07, 6.45) is -0.282. The number of halogens is 1. The van der Waals surface area contributed by atoms with E-state index in [0.29, 0.717) is 17.6 Å². The Hall–Kier alpha value is -2.96. The zero-order chi connectivity index (χ0) is 19.3. The third-order valence-corrected chi connectivity index (χ3v) is 3.43. The second-order valence-corrected chi connectivity index (χ2v) is 6.59. The summed E-state index contributed by atoms with van der Waals surface area (Å²) in [7, 11) is 1.54. The Kier molecular flexibility index (Phi) is 5.92. The highest BCUT2D eigenvalue weighted by Gasteiger charge is 2.23. The molecule has 0 aliphatic rings. The molecule has 2 rings (SSSR count). The van der Waals surface area contributed by atoms with E-state index in [9.17, 15) is 14.0 Å². The van der Waals surface area contributed by atoms with Gasteiger partial charge in [-0.2, -0.15) is 4.39 Å². The molecule has 1 amide bonds. The first kappa shape index (κ1) is 19.4. The number of benzene rings is 1. The average molecular weight is 360 g/mol. The lowest BCUT2D eigenvalue weighted by molar-refractivity contribution is 0.0511. The van der Waals surface area contributed by atoms with Gasteiger partial charge in [-0.15, -0.1) is 0 Å². The Bertz CT molecular complexity index is 785. The van der Waals surface area contributed by atoms with Gasteiger partial charge >= 0.3 is 6.09 Å². The molecule has 7 heteroatoms. The number of hydrogen-bond donors (Lipinski definition) is 1. The van der Waals surface area contributed by atoms with Crippen LogP contribution in [0.2, 0.25) is 0 Å². The molecule has 1 aromatic carbocycles. The maximum absolute atomic E-state index is 13.9. The normalized spacial score (nSPS) is 12.2. The van der Waals surface area contributed by atoms with Gasteiger partial charge in [-0.05, 0) is 50.6 Å². The number of aldehydes is 1. The maximum Gasteiger partial charge on any atom is 0.408 e. The Morgan fingerprint density at radius 2 is 1.85 bits per heavy atom. The standard InChI is InChI=1S/C19H21FN2O4/c1-19(2,3)26-18(24)22-16(12-5-8-14(25-4)9-6-12)15-10-7-13(11-23)17(20)21-15/h5-11,16H,1-4H3,(H,22,24). The summed E-state index contributed by atoms with van der Waals surface area (Å²) in [6.45, 7) is 5.23. The number of amides is 1. The number of nitrogens with zero attached hydrogens (tertiary/aromatic N) is 1. The van der Waals surface area contributed by atoms with Crippen LogP contribution in [0.3, 0.4) is 0 Å². The fourth-order valence-electron chi connectivity index (χ4n) is 2.26. The summed E-state index contributed by atoms with van der Waals surface area (Å²) in [5.41, 5.74) is 0.0558. The van der Waals surface area contributed by atoms with Crippen LogP contribution < -0.4 is 10.1 Å². The summed E-state index contributed by atoms with van der Waals surface area (Å²) >= 11 is 0. The van der Waals surface area contributed by atoms with Crippen LogP contribution in [0.25, 0.3) is 0 Å². The van der Waals surface area contributed by atoms with Gasteiger partial charge in [-0.1, -0.05) is 12.1 Å². The van der Waals surface area contributed by atoms with Crippen molar-refractivity contribution in [2.24, 2.45) is 0 Å². The fraction of sp³-hybridized carbons (Fsp3) is 0.316. The molecule has 6 nitrogen and oxygen atoms in total. The number of ether oxygens (including phenoxy) is 2. The van der Waals surface area contributed by atoms with Gasteiger partial charge in [0, 0.05) is 0 Å². The van der Waals surface area contributed by atoms with E-state index in [2.05, 4.69) is 10.3 Å². The molecule has 0 saturated heterocycles. The molecular formula is C19H21FN2O4. The number of carbonyl (C=O) groups is 2. The van der Waals surface area contributed by atoms with E-state index in [4.69, 9.17) is 9.47 Å². The van der Waals surface area contributed by atoms with Crippen molar-refractivity contribution in [2.45, 2.75) is 32.4 Å². The van der Waals surface area contributed by atoms with Crippen LogP contribution in [0.15, 0.2) is 36.4 Å². The third kappa shape index (κ3) is 5.02. The lowest BCUT2D eigenvalue weighted by atomic mass is 10.0. The number of nitrogens with one attached hydrogen (secondary N) is 1. The minimum absolute atomic E-state index is 0.153. The van der Waals surface area contributed by atoms with Gasteiger partial charge in [-0.25, -0.2) is 9.78 Å². The number of aromatic nitrogens is 1. The van der Waals surface area contributed by atoms with E-state index in [1.807, 2.05) is 0 Å². The van der Waals surface area contributed by atoms with E-state index in [0.717, 1.165) is 0 Å². The zero-order valence-corrected chi connectivity index (χ0v) is 15.1. The first-order valence-corrected chi connectivity index (χ1v) is 7.98. The molecule has 0 bridgehead atoms.